The number of halogens is 2. The lowest BCUT2D eigenvalue weighted by atomic mass is 9.92. The molecule has 0 saturated carbocycles. The van der Waals surface area contributed by atoms with Crippen molar-refractivity contribution in [3.8, 4) is 0 Å². The zero-order chi connectivity index (χ0) is 19.9. The number of aryl methyl sites for hydroxylation is 2. The number of urea groups is 1. The van der Waals surface area contributed by atoms with Gasteiger partial charge in [0.05, 0.1) is 6.54 Å². The summed E-state index contributed by atoms with van der Waals surface area (Å²) in [5.41, 5.74) is 1.55. The van der Waals surface area contributed by atoms with Crippen molar-refractivity contribution >= 4 is 40.9 Å². The van der Waals surface area contributed by atoms with Crippen LogP contribution in [0.25, 0.3) is 0 Å². The fourth-order valence-electron chi connectivity index (χ4n) is 3.07. The van der Waals surface area contributed by atoms with Crippen LogP contribution in [0.15, 0.2) is 36.4 Å². The molecule has 1 N–H and O–H groups in total. The van der Waals surface area contributed by atoms with Crippen molar-refractivity contribution in [3.05, 3.63) is 68.7 Å². The number of nitrogens with zero attached hydrogens (tertiary/aromatic N) is 1. The highest BCUT2D eigenvalue weighted by atomic mass is 35.5. The maximum Gasteiger partial charge on any atom is 0.325 e. The third kappa shape index (κ3) is 3.45. The predicted molar refractivity (Wildman–Crippen MR) is 104 cm³/mol. The minimum absolute atomic E-state index is 0.265. The normalized spacial score (nSPS) is 19.4. The van der Waals surface area contributed by atoms with E-state index in [4.69, 9.17) is 23.2 Å². The molecule has 1 heterocycles. The van der Waals surface area contributed by atoms with Gasteiger partial charge in [0.15, 0.2) is 5.78 Å². The third-order valence-electron chi connectivity index (χ3n) is 4.88. The Morgan fingerprint density at radius 1 is 1.07 bits per heavy atom. The Kier molecular flexibility index (Phi) is 5.02. The molecule has 0 aromatic heterocycles. The molecule has 0 aliphatic carbocycles. The summed E-state index contributed by atoms with van der Waals surface area (Å²) in [7, 11) is 0. The Labute approximate surface area is 167 Å². The van der Waals surface area contributed by atoms with Gasteiger partial charge >= 0.3 is 6.03 Å². The average Bonchev–Trinajstić information content (AvgIpc) is 2.81. The van der Waals surface area contributed by atoms with E-state index < -0.39 is 17.5 Å². The topological polar surface area (TPSA) is 66.5 Å². The smallest absolute Gasteiger partial charge is 0.319 e. The number of benzene rings is 2. The molecule has 2 aromatic carbocycles. The van der Waals surface area contributed by atoms with Crippen molar-refractivity contribution in [1.82, 2.24) is 10.2 Å². The molecule has 1 saturated heterocycles. The van der Waals surface area contributed by atoms with Crippen molar-refractivity contribution < 1.29 is 14.4 Å². The van der Waals surface area contributed by atoms with Crippen molar-refractivity contribution in [2.45, 2.75) is 26.3 Å². The minimum atomic E-state index is -1.36. The van der Waals surface area contributed by atoms with Crippen molar-refractivity contribution in [3.63, 3.8) is 0 Å². The molecule has 27 heavy (non-hydrogen) atoms. The number of Topliss-reactive ketones (excluding diaryl/α,β-unsaturated/α-hetero) is 1. The molecule has 1 unspecified atom stereocenters. The third-order valence-corrected chi connectivity index (χ3v) is 5.42. The second kappa shape index (κ2) is 6.98. The predicted octanol–water partition coefficient (Wildman–Crippen LogP) is 4.26. The highest BCUT2D eigenvalue weighted by Crippen LogP contribution is 2.35. The summed E-state index contributed by atoms with van der Waals surface area (Å²) in [6.45, 7) is 5.07. The molecule has 5 nitrogen and oxygen atoms in total. The first kappa shape index (κ1) is 19.4. The van der Waals surface area contributed by atoms with E-state index in [0.29, 0.717) is 16.1 Å². The Bertz CT molecular complexity index is 974. The molecule has 1 aliphatic rings. The first-order valence-electron chi connectivity index (χ1n) is 8.33. The summed E-state index contributed by atoms with van der Waals surface area (Å²) >= 11 is 12.1. The lowest BCUT2D eigenvalue weighted by Gasteiger charge is -2.23. The van der Waals surface area contributed by atoms with Gasteiger partial charge in [0.2, 0.25) is 0 Å². The number of carbonyl (C=O) groups is 3. The zero-order valence-electron chi connectivity index (χ0n) is 15.1. The Hall–Kier alpha value is -2.37. The summed E-state index contributed by atoms with van der Waals surface area (Å²) in [6.07, 6.45) is 0. The second-order valence-electron chi connectivity index (χ2n) is 6.79. The fourth-order valence-corrected chi connectivity index (χ4v) is 3.67. The quantitative estimate of drug-likeness (QED) is 0.611. The molecule has 3 amide bonds. The minimum Gasteiger partial charge on any atom is -0.319 e. The van der Waals surface area contributed by atoms with E-state index >= 15 is 0 Å². The SMILES string of the molecule is Cc1ccc(C(=O)CN2C(=O)NC(C)(c3ccc(Cl)cc3Cl)C2=O)cc1C. The molecular formula is C20H18Cl2N2O3. The van der Waals surface area contributed by atoms with Gasteiger partial charge < -0.3 is 5.32 Å². The van der Waals surface area contributed by atoms with Gasteiger partial charge in [-0.25, -0.2) is 4.79 Å². The van der Waals surface area contributed by atoms with E-state index in [1.165, 1.54) is 6.07 Å². The van der Waals surface area contributed by atoms with E-state index in [1.54, 1.807) is 31.2 Å². The van der Waals surface area contributed by atoms with Gasteiger partial charge in [-0.15, -0.1) is 0 Å². The van der Waals surface area contributed by atoms with Crippen LogP contribution in [0.5, 0.6) is 0 Å². The van der Waals surface area contributed by atoms with Crippen molar-refractivity contribution in [2.75, 3.05) is 6.54 Å². The van der Waals surface area contributed by atoms with Crippen LogP contribution >= 0.6 is 23.2 Å². The lowest BCUT2D eigenvalue weighted by molar-refractivity contribution is -0.130. The number of hydrogen-bond donors (Lipinski definition) is 1. The van der Waals surface area contributed by atoms with Crippen molar-refractivity contribution in [2.24, 2.45) is 0 Å². The Morgan fingerprint density at radius 2 is 1.78 bits per heavy atom. The van der Waals surface area contributed by atoms with E-state index in [0.717, 1.165) is 16.0 Å². The van der Waals surface area contributed by atoms with Gasteiger partial charge in [0.1, 0.15) is 5.54 Å². The Morgan fingerprint density at radius 3 is 2.41 bits per heavy atom. The maximum atomic E-state index is 13.0. The van der Waals surface area contributed by atoms with Gasteiger partial charge in [0, 0.05) is 21.2 Å². The maximum absolute atomic E-state index is 13.0. The largest absolute Gasteiger partial charge is 0.325 e. The molecule has 3 rings (SSSR count). The van der Waals surface area contributed by atoms with Crippen LogP contribution < -0.4 is 5.32 Å². The number of ketones is 1. The van der Waals surface area contributed by atoms with Crippen LogP contribution in [-0.2, 0) is 10.3 Å². The zero-order valence-corrected chi connectivity index (χ0v) is 16.6. The Balaban J connectivity index is 1.87. The fraction of sp³-hybridized carbons (Fsp3) is 0.250. The van der Waals surface area contributed by atoms with Crippen LogP contribution in [0.1, 0.15) is 34.0 Å². The van der Waals surface area contributed by atoms with Gasteiger partial charge in [-0.2, -0.15) is 0 Å². The van der Waals surface area contributed by atoms with Crippen molar-refractivity contribution in [1.29, 1.82) is 0 Å². The summed E-state index contributed by atoms with van der Waals surface area (Å²) in [6, 6.07) is 9.35. The van der Waals surface area contributed by atoms with Crippen LogP contribution in [0.4, 0.5) is 4.79 Å². The van der Waals surface area contributed by atoms with Crippen LogP contribution in [-0.4, -0.2) is 29.2 Å². The van der Waals surface area contributed by atoms with Gasteiger partial charge in [0.25, 0.3) is 5.91 Å². The first-order chi connectivity index (χ1) is 12.6. The van der Waals surface area contributed by atoms with Crippen LogP contribution in [0.2, 0.25) is 10.0 Å². The van der Waals surface area contributed by atoms with E-state index in [1.807, 2.05) is 19.9 Å². The first-order valence-corrected chi connectivity index (χ1v) is 9.09. The van der Waals surface area contributed by atoms with E-state index in [2.05, 4.69) is 5.32 Å². The number of rotatable bonds is 4. The van der Waals surface area contributed by atoms with Gasteiger partial charge in [-0.1, -0.05) is 41.4 Å². The molecule has 1 aliphatic heterocycles. The van der Waals surface area contributed by atoms with Crippen LogP contribution in [0.3, 0.4) is 0 Å². The molecule has 0 radical (unpaired) electrons. The standard InChI is InChI=1S/C20H18Cl2N2O3/c1-11-4-5-13(8-12(11)2)17(25)10-24-18(26)20(3,23-19(24)27)15-7-6-14(21)9-16(15)22/h4-9H,10H2,1-3H3,(H,23,27). The number of imide groups is 1. The summed E-state index contributed by atoms with van der Waals surface area (Å²) in [4.78, 5) is 38.9. The van der Waals surface area contributed by atoms with Crippen LogP contribution in [0, 0.1) is 13.8 Å². The molecule has 2 aromatic rings. The van der Waals surface area contributed by atoms with E-state index in [-0.39, 0.29) is 17.4 Å². The molecule has 140 valence electrons. The number of nitrogens with one attached hydrogen (secondary N) is 1. The number of carbonyl (C=O) groups excluding carboxylic acids is 3. The molecule has 1 fully saturated rings. The summed E-state index contributed by atoms with van der Waals surface area (Å²) in [5.74, 6) is -0.845. The van der Waals surface area contributed by atoms with Gasteiger partial charge in [-0.05, 0) is 50.1 Å². The molecule has 0 bridgehead atoms. The van der Waals surface area contributed by atoms with Gasteiger partial charge in [-0.3, -0.25) is 14.5 Å². The molecular weight excluding hydrogens is 387 g/mol. The monoisotopic (exact) mass is 404 g/mol. The summed E-state index contributed by atoms with van der Waals surface area (Å²) in [5, 5.41) is 3.33. The van der Waals surface area contributed by atoms with E-state index in [9.17, 15) is 14.4 Å². The number of hydrogen-bond acceptors (Lipinski definition) is 3. The highest BCUT2D eigenvalue weighted by Gasteiger charge is 2.50. The molecule has 0 spiro atoms. The summed E-state index contributed by atoms with van der Waals surface area (Å²) < 4.78 is 0. The molecule has 7 heteroatoms. The number of amides is 3. The lowest BCUT2D eigenvalue weighted by Crippen LogP contribution is -2.41. The average molecular weight is 405 g/mol. The molecule has 1 atom stereocenters. The highest BCUT2D eigenvalue weighted by molar-refractivity contribution is 6.35. The second-order valence-corrected chi connectivity index (χ2v) is 7.64.